The van der Waals surface area contributed by atoms with E-state index in [1.54, 1.807) is 24.3 Å². The van der Waals surface area contributed by atoms with Crippen LogP contribution in [0.25, 0.3) is 0 Å². The lowest BCUT2D eigenvalue weighted by molar-refractivity contribution is 0.0924. The summed E-state index contributed by atoms with van der Waals surface area (Å²) in [6, 6.07) is 18.1. The molecule has 4 rings (SSSR count). The summed E-state index contributed by atoms with van der Waals surface area (Å²) in [5, 5.41) is 0. The Morgan fingerprint density at radius 3 is 1.83 bits per heavy atom. The first-order valence-corrected chi connectivity index (χ1v) is 10.5. The molecule has 0 unspecified atom stereocenters. The molecular weight excluding hydrogens is 404 g/mol. The first-order chi connectivity index (χ1) is 14.3. The molecule has 150 valence electrons. The van der Waals surface area contributed by atoms with E-state index in [0.717, 1.165) is 4.90 Å². The Hall–Kier alpha value is -3.78. The number of sulfonamides is 1. The lowest BCUT2D eigenvalue weighted by Gasteiger charge is -2.15. The predicted molar refractivity (Wildman–Crippen MR) is 111 cm³/mol. The number of benzene rings is 3. The van der Waals surface area contributed by atoms with Crippen LogP contribution in [-0.2, 0) is 10.0 Å². The van der Waals surface area contributed by atoms with Gasteiger partial charge in [-0.15, -0.1) is 0 Å². The van der Waals surface area contributed by atoms with E-state index < -0.39 is 21.8 Å². The van der Waals surface area contributed by atoms with E-state index in [4.69, 9.17) is 0 Å². The maximum atomic E-state index is 12.6. The molecule has 0 atom stereocenters. The highest BCUT2D eigenvalue weighted by Gasteiger charge is 2.36. The van der Waals surface area contributed by atoms with Crippen molar-refractivity contribution in [3.05, 3.63) is 89.5 Å². The van der Waals surface area contributed by atoms with Crippen molar-refractivity contribution in [3.8, 4) is 0 Å². The van der Waals surface area contributed by atoms with E-state index in [1.807, 2.05) is 0 Å². The summed E-state index contributed by atoms with van der Waals surface area (Å²) < 4.78 is 27.7. The molecule has 0 saturated heterocycles. The molecule has 0 radical (unpaired) electrons. The number of nitrogens with zero attached hydrogens (tertiary/aromatic N) is 1. The summed E-state index contributed by atoms with van der Waals surface area (Å²) in [7, 11) is -3.89. The average molecular weight is 420 g/mol. The molecular formula is C22H16N2O5S. The van der Waals surface area contributed by atoms with Crippen molar-refractivity contribution < 1.29 is 22.8 Å². The molecule has 7 nitrogen and oxygen atoms in total. The number of carbonyl (C=O) groups is 3. The molecule has 8 heteroatoms. The number of Topliss-reactive ketones (excluding diaryl/α,β-unsaturated/α-hetero) is 1. The van der Waals surface area contributed by atoms with Crippen LogP contribution in [0.5, 0.6) is 0 Å². The number of amides is 2. The summed E-state index contributed by atoms with van der Waals surface area (Å²) in [6.07, 6.45) is 0. The highest BCUT2D eigenvalue weighted by Crippen LogP contribution is 2.29. The Labute approximate surface area is 173 Å². The minimum Gasteiger partial charge on any atom is -0.295 e. The Kier molecular flexibility index (Phi) is 4.71. The van der Waals surface area contributed by atoms with E-state index in [-0.39, 0.29) is 16.4 Å². The minimum atomic E-state index is -3.89. The van der Waals surface area contributed by atoms with Gasteiger partial charge in [0.2, 0.25) is 0 Å². The van der Waals surface area contributed by atoms with Gasteiger partial charge in [-0.2, -0.15) is 0 Å². The number of ketones is 1. The highest BCUT2D eigenvalue weighted by molar-refractivity contribution is 7.92. The summed E-state index contributed by atoms with van der Waals surface area (Å²) in [5.41, 5.74) is 1.70. The summed E-state index contributed by atoms with van der Waals surface area (Å²) in [6.45, 7) is 1.43. The molecule has 0 fully saturated rings. The van der Waals surface area contributed by atoms with Crippen LogP contribution in [-0.4, -0.2) is 26.0 Å². The van der Waals surface area contributed by atoms with Crippen LogP contribution in [0.2, 0.25) is 0 Å². The third-order valence-electron chi connectivity index (χ3n) is 4.74. The molecule has 1 heterocycles. The molecule has 30 heavy (non-hydrogen) atoms. The molecule has 1 aliphatic heterocycles. The lowest BCUT2D eigenvalue weighted by atomic mass is 10.1. The number of fused-ring (bicyclic) bond motifs is 1. The Bertz CT molecular complexity index is 1240. The SMILES string of the molecule is CC(=O)c1ccc(NS(=O)(=O)c2ccc(N3C(=O)c4ccccc4C3=O)cc2)cc1. The van der Waals surface area contributed by atoms with E-state index >= 15 is 0 Å². The number of hydrogen-bond donors (Lipinski definition) is 1. The van der Waals surface area contributed by atoms with Crippen molar-refractivity contribution >= 4 is 39.0 Å². The number of rotatable bonds is 5. The standard InChI is InChI=1S/C22H16N2O5S/c1-14(25)15-6-8-16(9-7-15)23-30(28,29)18-12-10-17(11-13-18)24-21(26)19-4-2-3-5-20(19)22(24)27/h2-13,23H,1H3. The normalized spacial score (nSPS) is 13.3. The molecule has 2 amide bonds. The quantitative estimate of drug-likeness (QED) is 0.503. The van der Waals surface area contributed by atoms with Gasteiger partial charge in [-0.25, -0.2) is 13.3 Å². The number of hydrogen-bond acceptors (Lipinski definition) is 5. The van der Waals surface area contributed by atoms with Crippen LogP contribution in [0, 0.1) is 0 Å². The fourth-order valence-electron chi connectivity index (χ4n) is 3.19. The van der Waals surface area contributed by atoms with Crippen LogP contribution >= 0.6 is 0 Å². The van der Waals surface area contributed by atoms with Gasteiger partial charge in [-0.3, -0.25) is 19.1 Å². The third kappa shape index (κ3) is 3.37. The van der Waals surface area contributed by atoms with Crippen LogP contribution in [0.1, 0.15) is 38.0 Å². The zero-order valence-corrected chi connectivity index (χ0v) is 16.6. The van der Waals surface area contributed by atoms with Crippen molar-refractivity contribution in [2.75, 3.05) is 9.62 Å². The fourth-order valence-corrected chi connectivity index (χ4v) is 4.24. The predicted octanol–water partition coefficient (Wildman–Crippen LogP) is 3.49. The second-order valence-corrected chi connectivity index (χ2v) is 8.41. The van der Waals surface area contributed by atoms with Crippen molar-refractivity contribution in [2.24, 2.45) is 0 Å². The molecule has 0 aliphatic carbocycles. The largest absolute Gasteiger partial charge is 0.295 e. The van der Waals surface area contributed by atoms with Crippen molar-refractivity contribution in [1.29, 1.82) is 0 Å². The Morgan fingerprint density at radius 2 is 1.33 bits per heavy atom. The van der Waals surface area contributed by atoms with Gasteiger partial charge in [0.1, 0.15) is 0 Å². The minimum absolute atomic E-state index is 0.0292. The van der Waals surface area contributed by atoms with E-state index in [9.17, 15) is 22.8 Å². The summed E-state index contributed by atoms with van der Waals surface area (Å²) >= 11 is 0. The number of carbonyl (C=O) groups excluding carboxylic acids is 3. The van der Waals surface area contributed by atoms with Gasteiger partial charge in [0.25, 0.3) is 21.8 Å². The first-order valence-electron chi connectivity index (χ1n) is 8.99. The second kappa shape index (κ2) is 7.23. The van der Waals surface area contributed by atoms with E-state index in [2.05, 4.69) is 4.72 Å². The van der Waals surface area contributed by atoms with Gasteiger partial charge in [0, 0.05) is 11.3 Å². The number of imide groups is 1. The van der Waals surface area contributed by atoms with Gasteiger partial charge in [-0.1, -0.05) is 12.1 Å². The number of anilines is 2. The lowest BCUT2D eigenvalue weighted by Crippen LogP contribution is -2.29. The first kappa shape index (κ1) is 19.5. The monoisotopic (exact) mass is 420 g/mol. The van der Waals surface area contributed by atoms with Crippen LogP contribution < -0.4 is 9.62 Å². The summed E-state index contributed by atoms with van der Waals surface area (Å²) in [5.74, 6) is -1.02. The number of nitrogens with one attached hydrogen (secondary N) is 1. The maximum absolute atomic E-state index is 12.6. The smallest absolute Gasteiger partial charge is 0.266 e. The molecule has 0 saturated carbocycles. The second-order valence-electron chi connectivity index (χ2n) is 6.72. The maximum Gasteiger partial charge on any atom is 0.266 e. The van der Waals surface area contributed by atoms with Gasteiger partial charge < -0.3 is 0 Å². The van der Waals surface area contributed by atoms with Crippen molar-refractivity contribution in [3.63, 3.8) is 0 Å². The molecule has 1 aliphatic rings. The van der Waals surface area contributed by atoms with Crippen LogP contribution in [0.3, 0.4) is 0 Å². The van der Waals surface area contributed by atoms with Gasteiger partial charge in [-0.05, 0) is 67.6 Å². The van der Waals surface area contributed by atoms with Gasteiger partial charge >= 0.3 is 0 Å². The molecule has 0 aromatic heterocycles. The molecule has 1 N–H and O–H groups in total. The Morgan fingerprint density at radius 1 is 0.800 bits per heavy atom. The Balaban J connectivity index is 1.57. The molecule has 0 bridgehead atoms. The molecule has 3 aromatic rings. The van der Waals surface area contributed by atoms with Crippen LogP contribution in [0.4, 0.5) is 11.4 Å². The fraction of sp³-hybridized carbons (Fsp3) is 0.0455. The van der Waals surface area contributed by atoms with Crippen molar-refractivity contribution in [1.82, 2.24) is 0 Å². The zero-order valence-electron chi connectivity index (χ0n) is 15.8. The average Bonchev–Trinajstić information content (AvgIpc) is 2.99. The zero-order chi connectivity index (χ0) is 21.5. The van der Waals surface area contributed by atoms with Crippen molar-refractivity contribution in [2.45, 2.75) is 11.8 Å². The van der Waals surface area contributed by atoms with E-state index in [1.165, 1.54) is 55.5 Å². The van der Waals surface area contributed by atoms with Crippen LogP contribution in [0.15, 0.2) is 77.7 Å². The summed E-state index contributed by atoms with van der Waals surface area (Å²) in [4.78, 5) is 37.4. The van der Waals surface area contributed by atoms with Gasteiger partial charge in [0.05, 0.1) is 21.7 Å². The topological polar surface area (TPSA) is 101 Å². The van der Waals surface area contributed by atoms with Gasteiger partial charge in [0.15, 0.2) is 5.78 Å². The molecule has 3 aromatic carbocycles. The highest BCUT2D eigenvalue weighted by atomic mass is 32.2. The molecule has 0 spiro atoms. The van der Waals surface area contributed by atoms with E-state index in [0.29, 0.717) is 22.4 Å². The third-order valence-corrected chi connectivity index (χ3v) is 6.14.